The van der Waals surface area contributed by atoms with Gasteiger partial charge in [-0.3, -0.25) is 9.59 Å². The van der Waals surface area contributed by atoms with Crippen LogP contribution in [0.5, 0.6) is 5.75 Å². The number of carbonyl (C=O) groups excluding carboxylic acids is 2. The molecule has 0 radical (unpaired) electrons. The van der Waals surface area contributed by atoms with Crippen molar-refractivity contribution in [1.82, 2.24) is 10.2 Å². The minimum absolute atomic E-state index is 0.0849. The standard InChI is InChI=1S/C18H26N2O4S/c1-25-13-17(22)20-10-5-8-18(23,9-11-20)14-19-16(21)12-24-15-6-3-2-4-7-15/h2-4,6-7,23H,5,8-14H2,1H3,(H,19,21)/t18-/m0/s1. The van der Waals surface area contributed by atoms with Crippen LogP contribution in [0.2, 0.25) is 0 Å². The van der Waals surface area contributed by atoms with Gasteiger partial charge < -0.3 is 20.1 Å². The van der Waals surface area contributed by atoms with Crippen LogP contribution in [0.1, 0.15) is 19.3 Å². The summed E-state index contributed by atoms with van der Waals surface area (Å²) < 4.78 is 5.39. The third-order valence-electron chi connectivity index (χ3n) is 4.27. The number of amides is 2. The lowest BCUT2D eigenvalue weighted by Gasteiger charge is -2.27. The van der Waals surface area contributed by atoms with Gasteiger partial charge in [0.1, 0.15) is 5.75 Å². The number of benzene rings is 1. The van der Waals surface area contributed by atoms with Gasteiger partial charge in [-0.25, -0.2) is 0 Å². The molecular weight excluding hydrogens is 340 g/mol. The molecule has 1 heterocycles. The Morgan fingerprint density at radius 2 is 2.04 bits per heavy atom. The molecule has 6 nitrogen and oxygen atoms in total. The maximum Gasteiger partial charge on any atom is 0.258 e. The van der Waals surface area contributed by atoms with Gasteiger partial charge in [0.25, 0.3) is 5.91 Å². The number of rotatable bonds is 7. The van der Waals surface area contributed by atoms with Gasteiger partial charge in [-0.05, 0) is 37.7 Å². The van der Waals surface area contributed by atoms with Crippen LogP contribution in [0.15, 0.2) is 30.3 Å². The number of hydrogen-bond donors (Lipinski definition) is 2. The third-order valence-corrected chi connectivity index (χ3v) is 4.80. The molecule has 0 aliphatic carbocycles. The third kappa shape index (κ3) is 6.59. The summed E-state index contributed by atoms with van der Waals surface area (Å²) in [6.45, 7) is 1.27. The minimum atomic E-state index is -0.975. The Morgan fingerprint density at radius 1 is 1.28 bits per heavy atom. The van der Waals surface area contributed by atoms with E-state index in [-0.39, 0.29) is 25.0 Å². The van der Waals surface area contributed by atoms with E-state index in [1.54, 1.807) is 17.0 Å². The molecule has 1 aromatic carbocycles. The number of thioether (sulfide) groups is 1. The van der Waals surface area contributed by atoms with Crippen molar-refractivity contribution in [2.24, 2.45) is 0 Å². The van der Waals surface area contributed by atoms with E-state index in [1.165, 1.54) is 11.8 Å². The van der Waals surface area contributed by atoms with Gasteiger partial charge in [-0.1, -0.05) is 18.2 Å². The molecule has 1 aliphatic rings. The lowest BCUT2D eigenvalue weighted by Crippen LogP contribution is -2.45. The fraction of sp³-hybridized carbons (Fsp3) is 0.556. The van der Waals surface area contributed by atoms with Crippen molar-refractivity contribution < 1.29 is 19.4 Å². The summed E-state index contributed by atoms with van der Waals surface area (Å²) >= 11 is 1.50. The fourth-order valence-corrected chi connectivity index (χ4v) is 3.23. The Hall–Kier alpha value is -1.73. The Morgan fingerprint density at radius 3 is 2.76 bits per heavy atom. The first-order chi connectivity index (χ1) is 12.0. The quantitative estimate of drug-likeness (QED) is 0.760. The summed E-state index contributed by atoms with van der Waals surface area (Å²) in [6.07, 6.45) is 3.66. The normalized spacial score (nSPS) is 20.6. The molecular formula is C18H26N2O4S. The van der Waals surface area contributed by atoms with Crippen LogP contribution in [0, 0.1) is 0 Å². The lowest BCUT2D eigenvalue weighted by molar-refractivity contribution is -0.128. The molecule has 0 spiro atoms. The maximum absolute atomic E-state index is 12.0. The second kappa shape index (κ2) is 9.68. The van der Waals surface area contributed by atoms with Crippen LogP contribution in [-0.4, -0.2) is 65.7 Å². The summed E-state index contributed by atoms with van der Waals surface area (Å²) in [5, 5.41) is 13.5. The first-order valence-electron chi connectivity index (χ1n) is 8.46. The monoisotopic (exact) mass is 366 g/mol. The van der Waals surface area contributed by atoms with E-state index in [1.807, 2.05) is 24.5 Å². The molecule has 0 unspecified atom stereocenters. The highest BCUT2D eigenvalue weighted by Crippen LogP contribution is 2.22. The number of nitrogens with zero attached hydrogens (tertiary/aromatic N) is 1. The topological polar surface area (TPSA) is 78.9 Å². The van der Waals surface area contributed by atoms with Crippen LogP contribution in [0.3, 0.4) is 0 Å². The molecule has 1 aromatic rings. The zero-order valence-corrected chi connectivity index (χ0v) is 15.4. The number of para-hydroxylation sites is 1. The Bertz CT molecular complexity index is 569. The Balaban J connectivity index is 1.75. The molecule has 7 heteroatoms. The van der Waals surface area contributed by atoms with Gasteiger partial charge >= 0.3 is 0 Å². The van der Waals surface area contributed by atoms with Crippen molar-refractivity contribution >= 4 is 23.6 Å². The van der Waals surface area contributed by atoms with E-state index in [0.29, 0.717) is 37.4 Å². The molecule has 2 rings (SSSR count). The molecule has 1 aliphatic heterocycles. The average Bonchev–Trinajstić information content (AvgIpc) is 2.82. The maximum atomic E-state index is 12.0. The van der Waals surface area contributed by atoms with Crippen molar-refractivity contribution in [3.63, 3.8) is 0 Å². The van der Waals surface area contributed by atoms with E-state index < -0.39 is 5.60 Å². The predicted octanol–water partition coefficient (Wildman–Crippen LogP) is 1.29. The summed E-state index contributed by atoms with van der Waals surface area (Å²) in [5.41, 5.74) is -0.975. The first kappa shape index (κ1) is 19.6. The van der Waals surface area contributed by atoms with Crippen molar-refractivity contribution in [2.45, 2.75) is 24.9 Å². The largest absolute Gasteiger partial charge is 0.484 e. The second-order valence-corrected chi connectivity index (χ2v) is 7.14. The SMILES string of the molecule is CSCC(=O)N1CCC[C@@](O)(CNC(=O)COc2ccccc2)CC1. The number of ether oxygens (including phenoxy) is 1. The van der Waals surface area contributed by atoms with E-state index in [0.717, 1.165) is 6.42 Å². The van der Waals surface area contributed by atoms with Crippen molar-refractivity contribution in [3.05, 3.63) is 30.3 Å². The average molecular weight is 366 g/mol. The summed E-state index contributed by atoms with van der Waals surface area (Å²) in [6, 6.07) is 9.12. The Labute approximate surface area is 152 Å². The van der Waals surface area contributed by atoms with Crippen molar-refractivity contribution in [3.8, 4) is 5.75 Å². The van der Waals surface area contributed by atoms with Crippen molar-refractivity contribution in [2.75, 3.05) is 38.2 Å². The van der Waals surface area contributed by atoms with Crippen LogP contribution >= 0.6 is 11.8 Å². The van der Waals surface area contributed by atoms with E-state index in [9.17, 15) is 14.7 Å². The van der Waals surface area contributed by atoms with Gasteiger partial charge in [0.15, 0.2) is 6.61 Å². The van der Waals surface area contributed by atoms with Crippen LogP contribution in [0.25, 0.3) is 0 Å². The van der Waals surface area contributed by atoms with E-state index in [2.05, 4.69) is 5.32 Å². The molecule has 0 aromatic heterocycles. The highest BCUT2D eigenvalue weighted by molar-refractivity contribution is 7.99. The number of hydrogen-bond acceptors (Lipinski definition) is 5. The van der Waals surface area contributed by atoms with Gasteiger partial charge in [0, 0.05) is 19.6 Å². The highest BCUT2D eigenvalue weighted by Gasteiger charge is 2.31. The number of carbonyl (C=O) groups is 2. The second-order valence-electron chi connectivity index (χ2n) is 6.27. The van der Waals surface area contributed by atoms with Crippen LogP contribution in [0.4, 0.5) is 0 Å². The molecule has 2 N–H and O–H groups in total. The zero-order valence-electron chi connectivity index (χ0n) is 14.6. The van der Waals surface area contributed by atoms with E-state index >= 15 is 0 Å². The molecule has 1 atom stereocenters. The van der Waals surface area contributed by atoms with Gasteiger partial charge in [0.05, 0.1) is 11.4 Å². The number of nitrogens with one attached hydrogen (secondary N) is 1. The van der Waals surface area contributed by atoms with Gasteiger partial charge in [-0.15, -0.1) is 0 Å². The predicted molar refractivity (Wildman–Crippen MR) is 98.7 cm³/mol. The lowest BCUT2D eigenvalue weighted by atomic mass is 9.95. The van der Waals surface area contributed by atoms with Gasteiger partial charge in [0.2, 0.25) is 5.91 Å². The summed E-state index contributed by atoms with van der Waals surface area (Å²) in [4.78, 5) is 25.7. The molecule has 0 saturated carbocycles. The smallest absolute Gasteiger partial charge is 0.258 e. The van der Waals surface area contributed by atoms with Crippen LogP contribution < -0.4 is 10.1 Å². The van der Waals surface area contributed by atoms with Gasteiger partial charge in [-0.2, -0.15) is 11.8 Å². The zero-order chi connectivity index (χ0) is 18.1. The number of aliphatic hydroxyl groups is 1. The number of likely N-dealkylation sites (tertiary alicyclic amines) is 1. The summed E-state index contributed by atoms with van der Waals surface area (Å²) in [7, 11) is 0. The summed E-state index contributed by atoms with van der Waals surface area (Å²) in [5.74, 6) is 0.939. The minimum Gasteiger partial charge on any atom is -0.484 e. The molecule has 25 heavy (non-hydrogen) atoms. The van der Waals surface area contributed by atoms with E-state index in [4.69, 9.17) is 4.74 Å². The molecule has 1 fully saturated rings. The Kier molecular flexibility index (Phi) is 7.58. The molecule has 2 amide bonds. The molecule has 1 saturated heterocycles. The fourth-order valence-electron chi connectivity index (χ4n) is 2.80. The first-order valence-corrected chi connectivity index (χ1v) is 9.85. The van der Waals surface area contributed by atoms with Crippen molar-refractivity contribution in [1.29, 1.82) is 0 Å². The molecule has 0 bridgehead atoms. The molecule has 138 valence electrons. The van der Waals surface area contributed by atoms with Crippen LogP contribution in [-0.2, 0) is 9.59 Å². The highest BCUT2D eigenvalue weighted by atomic mass is 32.2.